The van der Waals surface area contributed by atoms with Gasteiger partial charge < -0.3 is 20.5 Å². The van der Waals surface area contributed by atoms with Crippen LogP contribution in [0.5, 0.6) is 0 Å². The highest BCUT2D eigenvalue weighted by Gasteiger charge is 2.25. The fourth-order valence-electron chi connectivity index (χ4n) is 1.38. The number of hydrogen-bond donors (Lipinski definition) is 3. The van der Waals surface area contributed by atoms with Gasteiger partial charge in [-0.3, -0.25) is 0 Å². The van der Waals surface area contributed by atoms with Crippen molar-refractivity contribution >= 4 is 21.8 Å². The van der Waals surface area contributed by atoms with E-state index in [2.05, 4.69) is 15.4 Å². The van der Waals surface area contributed by atoms with Gasteiger partial charge in [0.1, 0.15) is 0 Å². The molecule has 2 unspecified atom stereocenters. The summed E-state index contributed by atoms with van der Waals surface area (Å²) >= 11 is 0. The number of carbonyl (C=O) groups excluding carboxylic acids is 1. The van der Waals surface area contributed by atoms with Crippen molar-refractivity contribution in [1.82, 2.24) is 10.6 Å². The van der Waals surface area contributed by atoms with Crippen LogP contribution >= 0.6 is 0 Å². The van der Waals surface area contributed by atoms with Crippen LogP contribution in [0, 0.1) is 0 Å². The lowest BCUT2D eigenvalue weighted by Gasteiger charge is -2.16. The maximum atomic E-state index is 11.4. The lowest BCUT2D eigenvalue weighted by Crippen LogP contribution is -2.50. The fourth-order valence-corrected chi connectivity index (χ4v) is 2.61. The number of ether oxygens (including phenoxy) is 1. The number of hydrogen-bond acceptors (Lipinski definition) is 5. The number of amides is 2. The molecule has 0 saturated heterocycles. The predicted octanol–water partition coefficient (Wildman–Crippen LogP) is -1.30. The molecule has 0 saturated carbocycles. The van der Waals surface area contributed by atoms with Gasteiger partial charge in [0, 0.05) is 12.5 Å². The largest absolute Gasteiger partial charge is 0.480 e. The summed E-state index contributed by atoms with van der Waals surface area (Å²) in [7, 11) is -1.95. The number of methoxy groups -OCH3 is 1. The Morgan fingerprint density at radius 1 is 1.56 bits per heavy atom. The number of nitrogens with one attached hydrogen (secondary N) is 2. The molecule has 2 atom stereocenters. The van der Waals surface area contributed by atoms with Gasteiger partial charge in [-0.1, -0.05) is 0 Å². The minimum atomic E-state index is -3.26. The van der Waals surface area contributed by atoms with Gasteiger partial charge in [-0.2, -0.15) is 0 Å². The summed E-state index contributed by atoms with van der Waals surface area (Å²) in [6.45, 7) is -0.179. The second kappa shape index (κ2) is 5.83. The third-order valence-corrected chi connectivity index (χ3v) is 3.58. The van der Waals surface area contributed by atoms with Gasteiger partial charge in [-0.25, -0.2) is 18.0 Å². The average molecular weight is 278 g/mol. The van der Waals surface area contributed by atoms with E-state index in [-0.39, 0.29) is 12.4 Å². The zero-order chi connectivity index (χ0) is 13.8. The van der Waals surface area contributed by atoms with Crippen LogP contribution in [0.1, 0.15) is 0 Å². The van der Waals surface area contributed by atoms with E-state index in [9.17, 15) is 18.0 Å². The predicted molar refractivity (Wildman–Crippen MR) is 61.7 cm³/mol. The molecular formula is C9H14N2O6S. The summed E-state index contributed by atoms with van der Waals surface area (Å²) in [4.78, 5) is 22.2. The van der Waals surface area contributed by atoms with Gasteiger partial charge in [0.15, 0.2) is 15.9 Å². The standard InChI is InChI=1S/C9H14N2O6S/c1-17-4-7(8(12)13)11-9(14)10-6-2-3-18(15,16)5-6/h2-3,6-7H,4-5H2,1H3,(H,12,13)(H2,10,11,14). The molecule has 1 aliphatic heterocycles. The quantitative estimate of drug-likeness (QED) is 0.574. The molecule has 0 aliphatic carbocycles. The fraction of sp³-hybridized carbons (Fsp3) is 0.556. The molecular weight excluding hydrogens is 264 g/mol. The van der Waals surface area contributed by atoms with Gasteiger partial charge in [-0.15, -0.1) is 0 Å². The molecule has 1 rings (SSSR count). The smallest absolute Gasteiger partial charge is 0.328 e. The molecule has 0 spiro atoms. The molecule has 0 fully saturated rings. The topological polar surface area (TPSA) is 122 Å². The van der Waals surface area contributed by atoms with Crippen molar-refractivity contribution < 1.29 is 27.9 Å². The first-order valence-corrected chi connectivity index (χ1v) is 6.75. The summed E-state index contributed by atoms with van der Waals surface area (Å²) in [5.74, 6) is -1.45. The number of carboxylic acids is 1. The van der Waals surface area contributed by atoms with E-state index in [1.165, 1.54) is 13.2 Å². The third kappa shape index (κ3) is 4.34. The summed E-state index contributed by atoms with van der Waals surface area (Å²) in [6, 6.07) is -2.59. The molecule has 0 aromatic carbocycles. The van der Waals surface area contributed by atoms with Gasteiger partial charge in [-0.05, 0) is 6.08 Å². The number of aliphatic carboxylic acids is 1. The Balaban J connectivity index is 2.47. The number of carboxylic acid groups (broad SMARTS) is 1. The molecule has 18 heavy (non-hydrogen) atoms. The lowest BCUT2D eigenvalue weighted by atomic mass is 10.3. The highest BCUT2D eigenvalue weighted by atomic mass is 32.2. The molecule has 9 heteroatoms. The van der Waals surface area contributed by atoms with Crippen LogP contribution in [-0.2, 0) is 19.4 Å². The van der Waals surface area contributed by atoms with Gasteiger partial charge in [0.05, 0.1) is 18.4 Å². The highest BCUT2D eigenvalue weighted by Crippen LogP contribution is 2.07. The Morgan fingerprint density at radius 3 is 2.67 bits per heavy atom. The second-order valence-electron chi connectivity index (χ2n) is 3.73. The Morgan fingerprint density at radius 2 is 2.22 bits per heavy atom. The number of urea groups is 1. The molecule has 1 aliphatic rings. The van der Waals surface area contributed by atoms with Crippen molar-refractivity contribution in [3.63, 3.8) is 0 Å². The zero-order valence-electron chi connectivity index (χ0n) is 9.62. The molecule has 2 amide bonds. The summed E-state index contributed by atoms with van der Waals surface area (Å²) in [6.07, 6.45) is 1.33. The van der Waals surface area contributed by atoms with Gasteiger partial charge in [0.25, 0.3) is 0 Å². The van der Waals surface area contributed by atoms with E-state index in [1.807, 2.05) is 0 Å². The maximum absolute atomic E-state index is 11.4. The van der Waals surface area contributed by atoms with Gasteiger partial charge >= 0.3 is 12.0 Å². The van der Waals surface area contributed by atoms with E-state index in [4.69, 9.17) is 5.11 Å². The Kier molecular flexibility index (Phi) is 4.68. The summed E-state index contributed by atoms with van der Waals surface area (Å²) in [5.41, 5.74) is 0. The minimum Gasteiger partial charge on any atom is -0.480 e. The van der Waals surface area contributed by atoms with E-state index in [0.29, 0.717) is 0 Å². The molecule has 3 N–H and O–H groups in total. The van der Waals surface area contributed by atoms with E-state index >= 15 is 0 Å². The van der Waals surface area contributed by atoms with Crippen molar-refractivity contribution in [2.75, 3.05) is 19.5 Å². The average Bonchev–Trinajstić information content (AvgIpc) is 2.57. The maximum Gasteiger partial charge on any atom is 0.328 e. The van der Waals surface area contributed by atoms with Crippen LogP contribution in [0.4, 0.5) is 4.79 Å². The Hall–Kier alpha value is -1.61. The van der Waals surface area contributed by atoms with Crippen LogP contribution in [0.15, 0.2) is 11.5 Å². The zero-order valence-corrected chi connectivity index (χ0v) is 10.4. The second-order valence-corrected chi connectivity index (χ2v) is 5.66. The number of sulfone groups is 1. The molecule has 0 aromatic heterocycles. The first-order valence-electron chi connectivity index (χ1n) is 5.04. The summed E-state index contributed by atoms with van der Waals surface area (Å²) < 4.78 is 26.8. The van der Waals surface area contributed by atoms with Crippen molar-refractivity contribution in [2.24, 2.45) is 0 Å². The van der Waals surface area contributed by atoms with E-state index in [0.717, 1.165) is 5.41 Å². The van der Waals surface area contributed by atoms with Crippen LogP contribution in [0.2, 0.25) is 0 Å². The Bertz CT molecular complexity index is 458. The van der Waals surface area contributed by atoms with Crippen molar-refractivity contribution in [1.29, 1.82) is 0 Å². The van der Waals surface area contributed by atoms with E-state index < -0.39 is 33.9 Å². The summed E-state index contributed by atoms with van der Waals surface area (Å²) in [5, 5.41) is 14.3. The SMILES string of the molecule is COCC(NC(=O)NC1C=CS(=O)(=O)C1)C(=O)O. The van der Waals surface area contributed by atoms with Crippen molar-refractivity contribution in [3.05, 3.63) is 11.5 Å². The number of carbonyl (C=O) groups is 2. The lowest BCUT2D eigenvalue weighted by molar-refractivity contribution is -0.140. The molecule has 0 aromatic rings. The molecule has 1 heterocycles. The normalized spacial score (nSPS) is 22.4. The highest BCUT2D eigenvalue weighted by molar-refractivity contribution is 7.94. The van der Waals surface area contributed by atoms with Crippen LogP contribution in [0.3, 0.4) is 0 Å². The molecule has 0 radical (unpaired) electrons. The monoisotopic (exact) mass is 278 g/mol. The Labute approximate surface area is 104 Å². The molecule has 0 bridgehead atoms. The number of rotatable bonds is 5. The van der Waals surface area contributed by atoms with Gasteiger partial charge in [0.2, 0.25) is 0 Å². The third-order valence-electron chi connectivity index (χ3n) is 2.18. The van der Waals surface area contributed by atoms with Crippen molar-refractivity contribution in [2.45, 2.75) is 12.1 Å². The van der Waals surface area contributed by atoms with Crippen LogP contribution < -0.4 is 10.6 Å². The molecule has 8 nitrogen and oxygen atoms in total. The first-order chi connectivity index (χ1) is 8.34. The van der Waals surface area contributed by atoms with Crippen molar-refractivity contribution in [3.8, 4) is 0 Å². The molecule has 102 valence electrons. The van der Waals surface area contributed by atoms with Crippen LogP contribution in [0.25, 0.3) is 0 Å². The minimum absolute atomic E-state index is 0.179. The van der Waals surface area contributed by atoms with E-state index in [1.54, 1.807) is 0 Å². The first kappa shape index (κ1) is 14.5. The van der Waals surface area contributed by atoms with Crippen LogP contribution in [-0.4, -0.2) is 57.1 Å².